The van der Waals surface area contributed by atoms with Gasteiger partial charge in [-0.25, -0.2) is 0 Å². The smallest absolute Gasteiger partial charge is 0.131 e. The lowest BCUT2D eigenvalue weighted by molar-refractivity contribution is 0.0842. The third-order valence-corrected chi connectivity index (χ3v) is 3.68. The minimum Gasteiger partial charge on any atom is -0.390 e. The molecule has 0 amide bonds. The molecule has 1 saturated carbocycles. The van der Waals surface area contributed by atoms with Gasteiger partial charge in [-0.1, -0.05) is 23.8 Å². The number of aliphatic hydroxyl groups excluding tert-OH is 2. The van der Waals surface area contributed by atoms with Crippen molar-refractivity contribution in [2.75, 3.05) is 0 Å². The van der Waals surface area contributed by atoms with Gasteiger partial charge in [-0.15, -0.1) is 5.73 Å². The second-order valence-electron chi connectivity index (χ2n) is 5.81. The molecule has 2 fully saturated rings. The van der Waals surface area contributed by atoms with Crippen molar-refractivity contribution in [3.05, 3.63) is 41.2 Å². The van der Waals surface area contributed by atoms with Crippen LogP contribution in [0.25, 0.3) is 0 Å². The average Bonchev–Trinajstić information content (AvgIpc) is 3.06. The van der Waals surface area contributed by atoms with Gasteiger partial charge in [-0.3, -0.25) is 0 Å². The third kappa shape index (κ3) is 2.75. The van der Waals surface area contributed by atoms with E-state index in [2.05, 4.69) is 12.3 Å². The Balaban J connectivity index is 2.26. The molecule has 3 heteroatoms. The van der Waals surface area contributed by atoms with Crippen molar-refractivity contribution in [1.29, 1.82) is 0 Å². The molecule has 2 aliphatic rings. The molecule has 1 heterocycles. The van der Waals surface area contributed by atoms with Crippen LogP contribution in [0.4, 0.5) is 0 Å². The summed E-state index contributed by atoms with van der Waals surface area (Å²) in [6.07, 6.45) is 3.29. The normalized spacial score (nSPS) is 36.1. The molecule has 0 aromatic heterocycles. The van der Waals surface area contributed by atoms with E-state index in [0.29, 0.717) is 18.4 Å². The molecule has 0 spiro atoms. The Morgan fingerprint density at radius 1 is 1.47 bits per heavy atom. The van der Waals surface area contributed by atoms with E-state index in [4.69, 9.17) is 4.74 Å². The zero-order valence-electron chi connectivity index (χ0n) is 11.8. The molecule has 2 N–H and O–H groups in total. The molecule has 0 unspecified atom stereocenters. The van der Waals surface area contributed by atoms with E-state index < -0.39 is 17.8 Å². The Morgan fingerprint density at radius 3 is 2.74 bits per heavy atom. The summed E-state index contributed by atoms with van der Waals surface area (Å²) in [4.78, 5) is 0. The maximum absolute atomic E-state index is 10.5. The number of fused-ring (bicyclic) bond motifs is 1. The summed E-state index contributed by atoms with van der Waals surface area (Å²) in [5.74, 6) is 0. The lowest BCUT2D eigenvalue weighted by Crippen LogP contribution is -2.42. The summed E-state index contributed by atoms with van der Waals surface area (Å²) < 4.78 is 5.64. The lowest BCUT2D eigenvalue weighted by atomic mass is 9.79. The molecule has 1 aliphatic heterocycles. The monoisotopic (exact) mass is 262 g/mol. The average molecular weight is 262 g/mol. The first-order valence-corrected chi connectivity index (χ1v) is 6.65. The van der Waals surface area contributed by atoms with E-state index in [-0.39, 0.29) is 6.10 Å². The molecule has 104 valence electrons. The van der Waals surface area contributed by atoms with Gasteiger partial charge in [0.25, 0.3) is 0 Å². The van der Waals surface area contributed by atoms with E-state index in [1.807, 2.05) is 26.8 Å². The molecular weight excluding hydrogens is 240 g/mol. The number of rotatable bonds is 3. The van der Waals surface area contributed by atoms with Crippen LogP contribution in [0.5, 0.6) is 0 Å². The Bertz CT molecular complexity index is 478. The summed E-state index contributed by atoms with van der Waals surface area (Å²) in [5, 5.41) is 20.5. The second-order valence-corrected chi connectivity index (χ2v) is 5.81. The maximum Gasteiger partial charge on any atom is 0.131 e. The molecule has 0 radical (unpaired) electrons. The SMILES string of the molecule is C=C(C)C=C=C1C[C@H](O)[C@@H]2O[C@]2(CC=C(C)C)[C@@H]1O. The Kier molecular flexibility index (Phi) is 3.84. The van der Waals surface area contributed by atoms with Crippen LogP contribution in [0.3, 0.4) is 0 Å². The van der Waals surface area contributed by atoms with E-state index in [0.717, 1.165) is 5.57 Å². The first-order chi connectivity index (χ1) is 8.86. The van der Waals surface area contributed by atoms with E-state index in [9.17, 15) is 10.2 Å². The topological polar surface area (TPSA) is 53.0 Å². The van der Waals surface area contributed by atoms with Crippen molar-refractivity contribution < 1.29 is 14.9 Å². The second kappa shape index (κ2) is 5.10. The zero-order valence-corrected chi connectivity index (χ0v) is 11.8. The maximum atomic E-state index is 10.5. The largest absolute Gasteiger partial charge is 0.390 e. The Morgan fingerprint density at radius 2 is 2.16 bits per heavy atom. The molecule has 0 aromatic carbocycles. The van der Waals surface area contributed by atoms with Crippen LogP contribution in [-0.2, 0) is 4.74 Å². The van der Waals surface area contributed by atoms with Crippen LogP contribution < -0.4 is 0 Å². The van der Waals surface area contributed by atoms with Crippen molar-refractivity contribution in [2.45, 2.75) is 57.5 Å². The highest BCUT2D eigenvalue weighted by atomic mass is 16.6. The number of epoxide rings is 1. The van der Waals surface area contributed by atoms with Crippen LogP contribution in [0, 0.1) is 0 Å². The molecule has 19 heavy (non-hydrogen) atoms. The Hall–Kier alpha value is -1.12. The van der Waals surface area contributed by atoms with Gasteiger partial charge in [-0.05, 0) is 26.8 Å². The first-order valence-electron chi connectivity index (χ1n) is 6.65. The Labute approximate surface area is 114 Å². The molecule has 0 aromatic rings. The number of allylic oxidation sites excluding steroid dienone is 2. The highest BCUT2D eigenvalue weighted by molar-refractivity contribution is 5.31. The summed E-state index contributed by atoms with van der Waals surface area (Å²) in [6, 6.07) is 0. The number of hydrogen-bond donors (Lipinski definition) is 2. The van der Waals surface area contributed by atoms with Gasteiger partial charge in [-0.2, -0.15) is 0 Å². The van der Waals surface area contributed by atoms with Gasteiger partial charge < -0.3 is 14.9 Å². The minimum atomic E-state index is -0.702. The molecular formula is C16H22O3. The van der Waals surface area contributed by atoms with E-state index in [1.54, 1.807) is 6.08 Å². The van der Waals surface area contributed by atoms with Crippen LogP contribution in [0.1, 0.15) is 33.6 Å². The van der Waals surface area contributed by atoms with E-state index >= 15 is 0 Å². The molecule has 1 aliphatic carbocycles. The van der Waals surface area contributed by atoms with Gasteiger partial charge in [0.05, 0.1) is 6.10 Å². The number of aliphatic hydroxyl groups is 2. The fourth-order valence-corrected chi connectivity index (χ4v) is 2.56. The van der Waals surface area contributed by atoms with Crippen molar-refractivity contribution in [2.24, 2.45) is 0 Å². The molecule has 4 atom stereocenters. The van der Waals surface area contributed by atoms with Crippen LogP contribution in [0.2, 0.25) is 0 Å². The van der Waals surface area contributed by atoms with Gasteiger partial charge in [0, 0.05) is 18.4 Å². The summed E-state index contributed by atoms with van der Waals surface area (Å²) >= 11 is 0. The quantitative estimate of drug-likeness (QED) is 0.355. The highest BCUT2D eigenvalue weighted by Gasteiger charge is 2.67. The van der Waals surface area contributed by atoms with Gasteiger partial charge in [0.1, 0.15) is 17.8 Å². The third-order valence-electron chi connectivity index (χ3n) is 3.68. The summed E-state index contributed by atoms with van der Waals surface area (Å²) in [7, 11) is 0. The van der Waals surface area contributed by atoms with Gasteiger partial charge in [0.2, 0.25) is 0 Å². The van der Waals surface area contributed by atoms with Gasteiger partial charge >= 0.3 is 0 Å². The van der Waals surface area contributed by atoms with Crippen molar-refractivity contribution in [1.82, 2.24) is 0 Å². The highest BCUT2D eigenvalue weighted by Crippen LogP contribution is 2.52. The standard InChI is InChI=1S/C16H22O3/c1-10(2)5-6-12-9-13(17)15-16(19-15,14(12)18)8-7-11(3)4/h5,7,13-15,17-18H,1,8-9H2,2-4H3/t6?,13-,14+,15-,16+/m0/s1. The lowest BCUT2D eigenvalue weighted by Gasteiger charge is -2.27. The summed E-state index contributed by atoms with van der Waals surface area (Å²) in [5.41, 5.74) is 5.15. The van der Waals surface area contributed by atoms with Crippen molar-refractivity contribution in [3.8, 4) is 0 Å². The van der Waals surface area contributed by atoms with Crippen LogP contribution in [-0.4, -0.2) is 34.1 Å². The molecule has 0 bridgehead atoms. The minimum absolute atomic E-state index is 0.256. The fraction of sp³-hybridized carbons (Fsp3) is 0.562. The summed E-state index contributed by atoms with van der Waals surface area (Å²) in [6.45, 7) is 9.67. The first kappa shape index (κ1) is 14.3. The van der Waals surface area contributed by atoms with Crippen molar-refractivity contribution >= 4 is 0 Å². The number of ether oxygens (including phenoxy) is 1. The van der Waals surface area contributed by atoms with Gasteiger partial charge in [0.15, 0.2) is 0 Å². The molecule has 1 saturated heterocycles. The zero-order chi connectivity index (χ0) is 14.2. The number of hydrogen-bond acceptors (Lipinski definition) is 3. The molecule has 3 nitrogen and oxygen atoms in total. The predicted octanol–water partition coefficient (Wildman–Crippen LogP) is 2.26. The van der Waals surface area contributed by atoms with Crippen molar-refractivity contribution in [3.63, 3.8) is 0 Å². The predicted molar refractivity (Wildman–Crippen MR) is 74.7 cm³/mol. The molecule has 2 rings (SSSR count). The van der Waals surface area contributed by atoms with Crippen LogP contribution >= 0.6 is 0 Å². The fourth-order valence-electron chi connectivity index (χ4n) is 2.56. The van der Waals surface area contributed by atoms with Crippen LogP contribution in [0.15, 0.2) is 41.2 Å². The van der Waals surface area contributed by atoms with E-state index in [1.165, 1.54) is 5.57 Å².